The van der Waals surface area contributed by atoms with Crippen LogP contribution in [0.15, 0.2) is 98.7 Å². The van der Waals surface area contributed by atoms with Gasteiger partial charge in [-0.15, -0.1) is 0 Å². The number of amides is 1. The molecule has 0 bridgehead atoms. The lowest BCUT2D eigenvalue weighted by Gasteiger charge is -2.17. The van der Waals surface area contributed by atoms with Crippen LogP contribution >= 0.6 is 23.5 Å². The Kier molecular flexibility index (Phi) is 5.68. The van der Waals surface area contributed by atoms with Crippen molar-refractivity contribution >= 4 is 46.0 Å². The van der Waals surface area contributed by atoms with Crippen LogP contribution in [0.5, 0.6) is 5.75 Å². The molecule has 160 valence electrons. The Bertz CT molecular complexity index is 1240. The molecule has 0 spiro atoms. The van der Waals surface area contributed by atoms with E-state index in [1.54, 1.807) is 34.9 Å². The van der Waals surface area contributed by atoms with Crippen LogP contribution < -0.4 is 4.90 Å². The highest BCUT2D eigenvalue weighted by molar-refractivity contribution is 8.19. The smallest absolute Gasteiger partial charge is 0.269 e. The van der Waals surface area contributed by atoms with Crippen molar-refractivity contribution in [1.82, 2.24) is 4.90 Å². The summed E-state index contributed by atoms with van der Waals surface area (Å²) in [5.41, 5.74) is 2.71. The van der Waals surface area contributed by atoms with Gasteiger partial charge < -0.3 is 10.0 Å². The second-order valence-electron chi connectivity index (χ2n) is 7.44. The van der Waals surface area contributed by atoms with E-state index in [2.05, 4.69) is 34.2 Å². The molecule has 2 aliphatic heterocycles. The number of carbonyl (C=O) groups is 1. The summed E-state index contributed by atoms with van der Waals surface area (Å²) in [5.74, 6) is 0.0409. The van der Waals surface area contributed by atoms with E-state index in [9.17, 15) is 9.90 Å². The van der Waals surface area contributed by atoms with Gasteiger partial charge in [0.15, 0.2) is 5.17 Å². The largest absolute Gasteiger partial charge is 0.506 e. The lowest BCUT2D eigenvalue weighted by molar-refractivity contribution is -0.122. The average Bonchev–Trinajstić information content (AvgIpc) is 3.31. The number of phenolic OH excluding ortho intramolecular Hbond substituents is 1. The number of carbonyl (C=O) groups excluding carboxylic acids is 1. The lowest BCUT2D eigenvalue weighted by atomic mass is 10.1. The van der Waals surface area contributed by atoms with Gasteiger partial charge in [-0.3, -0.25) is 9.69 Å². The number of thioether (sulfide) groups is 2. The highest BCUT2D eigenvalue weighted by Crippen LogP contribution is 2.50. The van der Waals surface area contributed by atoms with Gasteiger partial charge in [0.2, 0.25) is 0 Å². The van der Waals surface area contributed by atoms with Gasteiger partial charge in [0.05, 0.1) is 10.7 Å². The van der Waals surface area contributed by atoms with E-state index in [0.717, 1.165) is 27.6 Å². The van der Waals surface area contributed by atoms with Crippen LogP contribution in [0, 0.1) is 0 Å². The van der Waals surface area contributed by atoms with Crippen LogP contribution in [-0.4, -0.2) is 34.7 Å². The summed E-state index contributed by atoms with van der Waals surface area (Å²) in [4.78, 5) is 23.8. The van der Waals surface area contributed by atoms with Crippen LogP contribution in [-0.2, 0) is 11.2 Å². The fourth-order valence-electron chi connectivity index (χ4n) is 3.66. The molecule has 0 aromatic heterocycles. The van der Waals surface area contributed by atoms with Crippen molar-refractivity contribution in [2.75, 3.05) is 18.5 Å². The van der Waals surface area contributed by atoms with E-state index < -0.39 is 0 Å². The summed E-state index contributed by atoms with van der Waals surface area (Å²) < 4.78 is 0. The number of anilines is 1. The lowest BCUT2D eigenvalue weighted by Crippen LogP contribution is -2.31. The predicted molar refractivity (Wildman–Crippen MR) is 132 cm³/mol. The van der Waals surface area contributed by atoms with E-state index in [-0.39, 0.29) is 11.7 Å². The first-order chi connectivity index (χ1) is 15.6. The van der Waals surface area contributed by atoms with Gasteiger partial charge >= 0.3 is 0 Å². The van der Waals surface area contributed by atoms with Gasteiger partial charge in [-0.05, 0) is 48.0 Å². The van der Waals surface area contributed by atoms with Crippen molar-refractivity contribution in [2.24, 2.45) is 4.99 Å². The Morgan fingerprint density at radius 2 is 1.62 bits per heavy atom. The van der Waals surface area contributed by atoms with Gasteiger partial charge in [0, 0.05) is 18.5 Å². The van der Waals surface area contributed by atoms with E-state index in [4.69, 9.17) is 0 Å². The van der Waals surface area contributed by atoms with Crippen LogP contribution in [0.25, 0.3) is 0 Å². The SMILES string of the molecule is CN1/C(=C2/SC(=Nc3ccccc3O)N(CCc3ccccc3)C2=O)Sc2ccccc21. The minimum atomic E-state index is -0.0535. The summed E-state index contributed by atoms with van der Waals surface area (Å²) in [6.45, 7) is 0.514. The zero-order chi connectivity index (χ0) is 22.1. The fraction of sp³-hybridized carbons (Fsp3) is 0.120. The second-order valence-corrected chi connectivity index (χ2v) is 9.45. The molecule has 7 heteroatoms. The predicted octanol–water partition coefficient (Wildman–Crippen LogP) is 5.61. The molecule has 5 rings (SSSR count). The number of hydrogen-bond donors (Lipinski definition) is 1. The molecule has 1 saturated heterocycles. The first kappa shape index (κ1) is 20.7. The molecule has 3 aromatic carbocycles. The van der Waals surface area contributed by atoms with Crippen LogP contribution in [0.1, 0.15) is 5.56 Å². The standard InChI is InChI=1S/C25H21N3O2S2/c1-27-19-12-6-8-14-21(19)31-24(27)22-23(30)28(16-15-17-9-3-2-4-10-17)25(32-22)26-18-11-5-7-13-20(18)29/h2-14,29H,15-16H2,1H3/b24-22-,26-25?. The topological polar surface area (TPSA) is 56.1 Å². The van der Waals surface area contributed by atoms with Gasteiger partial charge in [0.1, 0.15) is 16.3 Å². The Balaban J connectivity index is 1.51. The van der Waals surface area contributed by atoms with Gasteiger partial charge in [-0.25, -0.2) is 4.99 Å². The zero-order valence-electron chi connectivity index (χ0n) is 17.4. The third-order valence-electron chi connectivity index (χ3n) is 5.36. The summed E-state index contributed by atoms with van der Waals surface area (Å²) in [7, 11) is 1.99. The maximum atomic E-state index is 13.6. The highest BCUT2D eigenvalue weighted by Gasteiger charge is 2.39. The summed E-state index contributed by atoms with van der Waals surface area (Å²) in [5, 5.41) is 11.7. The van der Waals surface area contributed by atoms with Crippen molar-refractivity contribution < 1.29 is 9.90 Å². The van der Waals surface area contributed by atoms with Gasteiger partial charge in [-0.2, -0.15) is 0 Å². The third kappa shape index (κ3) is 3.89. The molecule has 0 aliphatic carbocycles. The van der Waals surface area contributed by atoms with Crippen molar-refractivity contribution in [3.05, 3.63) is 94.4 Å². The molecule has 0 atom stereocenters. The van der Waals surface area contributed by atoms with Gasteiger partial charge in [0.25, 0.3) is 5.91 Å². The summed E-state index contributed by atoms with van der Waals surface area (Å²) >= 11 is 2.98. The number of amidine groups is 1. The van der Waals surface area contributed by atoms with Crippen molar-refractivity contribution in [3.8, 4) is 5.75 Å². The number of rotatable bonds is 4. The number of para-hydroxylation sites is 3. The van der Waals surface area contributed by atoms with Crippen LogP contribution in [0.2, 0.25) is 0 Å². The minimum Gasteiger partial charge on any atom is -0.506 e. The molecule has 1 amide bonds. The molecular formula is C25H21N3O2S2. The van der Waals surface area contributed by atoms with E-state index in [1.165, 1.54) is 11.8 Å². The molecule has 32 heavy (non-hydrogen) atoms. The van der Waals surface area contributed by atoms with Crippen molar-refractivity contribution in [3.63, 3.8) is 0 Å². The van der Waals surface area contributed by atoms with Crippen molar-refractivity contribution in [1.29, 1.82) is 0 Å². The number of fused-ring (bicyclic) bond motifs is 1. The Labute approximate surface area is 195 Å². The Morgan fingerprint density at radius 3 is 2.41 bits per heavy atom. The van der Waals surface area contributed by atoms with E-state index >= 15 is 0 Å². The number of aromatic hydroxyl groups is 1. The highest BCUT2D eigenvalue weighted by atomic mass is 32.2. The second kappa shape index (κ2) is 8.76. The molecule has 2 heterocycles. The zero-order valence-corrected chi connectivity index (χ0v) is 19.1. The van der Waals surface area contributed by atoms with Gasteiger partial charge in [-0.1, -0.05) is 66.4 Å². The summed E-state index contributed by atoms with van der Waals surface area (Å²) in [6, 6.07) is 25.2. The normalized spacial score (nSPS) is 19.2. The number of nitrogens with zero attached hydrogens (tertiary/aromatic N) is 3. The Morgan fingerprint density at radius 1 is 0.906 bits per heavy atom. The number of aliphatic imine (C=N–C) groups is 1. The molecule has 1 N–H and O–H groups in total. The first-order valence-corrected chi connectivity index (χ1v) is 11.9. The molecule has 1 fully saturated rings. The minimum absolute atomic E-state index is 0.0535. The summed E-state index contributed by atoms with van der Waals surface area (Å²) in [6.07, 6.45) is 0.721. The Hall–Kier alpha value is -3.16. The van der Waals surface area contributed by atoms with E-state index in [1.807, 2.05) is 43.4 Å². The molecule has 5 nitrogen and oxygen atoms in total. The van der Waals surface area contributed by atoms with Crippen molar-refractivity contribution in [2.45, 2.75) is 11.3 Å². The van der Waals surface area contributed by atoms with Crippen LogP contribution in [0.4, 0.5) is 11.4 Å². The third-order valence-corrected chi connectivity index (χ3v) is 7.79. The molecular weight excluding hydrogens is 438 g/mol. The molecule has 3 aromatic rings. The first-order valence-electron chi connectivity index (χ1n) is 10.3. The maximum absolute atomic E-state index is 13.6. The molecule has 0 radical (unpaired) electrons. The number of phenols is 1. The fourth-order valence-corrected chi connectivity index (χ4v) is 6.03. The van der Waals surface area contributed by atoms with Crippen LogP contribution in [0.3, 0.4) is 0 Å². The quantitative estimate of drug-likeness (QED) is 0.514. The monoisotopic (exact) mass is 459 g/mol. The average molecular weight is 460 g/mol. The molecule has 0 unspecified atom stereocenters. The number of benzene rings is 3. The molecule has 0 saturated carbocycles. The van der Waals surface area contributed by atoms with E-state index in [0.29, 0.717) is 22.3 Å². The molecule has 2 aliphatic rings. The number of hydrogen-bond acceptors (Lipinski definition) is 6. The maximum Gasteiger partial charge on any atom is 0.269 e.